The van der Waals surface area contributed by atoms with Gasteiger partial charge in [-0.2, -0.15) is 0 Å². The molecule has 0 heterocycles. The maximum atomic E-state index is 13.7. The van der Waals surface area contributed by atoms with E-state index in [1.165, 1.54) is 18.6 Å². The molecule has 0 aliphatic carbocycles. The summed E-state index contributed by atoms with van der Waals surface area (Å²) in [5, 5.41) is 16.5. The van der Waals surface area contributed by atoms with Crippen LogP contribution in [0.3, 0.4) is 0 Å². The Morgan fingerprint density at radius 2 is 1.93 bits per heavy atom. The number of carbonyl (C=O) groups excluding carboxylic acids is 1. The van der Waals surface area contributed by atoms with E-state index in [1.807, 2.05) is 19.1 Å². The predicted molar refractivity (Wildman–Crippen MR) is 116 cm³/mol. The Balaban J connectivity index is 2.16. The summed E-state index contributed by atoms with van der Waals surface area (Å²) >= 11 is 0. The first-order valence-electron chi connectivity index (χ1n) is 10.3. The van der Waals surface area contributed by atoms with Gasteiger partial charge in [-0.15, -0.1) is 0 Å². The average Bonchev–Trinajstić information content (AvgIpc) is 2.65. The van der Waals surface area contributed by atoms with Gasteiger partial charge in [-0.1, -0.05) is 51.1 Å². The molecule has 0 saturated heterocycles. The molecule has 29 heavy (non-hydrogen) atoms. The highest BCUT2D eigenvalue weighted by Gasteiger charge is 2.18. The van der Waals surface area contributed by atoms with Gasteiger partial charge in [0.1, 0.15) is 5.82 Å². The van der Waals surface area contributed by atoms with Gasteiger partial charge in [0.2, 0.25) is 5.91 Å². The standard InChI is InChI=1S/C24H33FN2O2/c1-5-23(27-17(4)28)24(29)15-26-14-20-12-18(11-16(2)3)9-10-22(20)19-7-6-8-21(25)13-19/h6-10,12-13,16,23-24,26,29H,5,11,14-15H2,1-4H3,(H,27,28)/t23-,24+/m0/s1. The van der Waals surface area contributed by atoms with Crippen molar-refractivity contribution in [3.05, 3.63) is 59.4 Å². The Labute approximate surface area is 173 Å². The summed E-state index contributed by atoms with van der Waals surface area (Å²) in [6.07, 6.45) is 0.945. The minimum atomic E-state index is -0.680. The predicted octanol–water partition coefficient (Wildman–Crippen LogP) is 4.06. The number of hydrogen-bond acceptors (Lipinski definition) is 3. The molecule has 4 nitrogen and oxygen atoms in total. The molecule has 2 aromatic carbocycles. The lowest BCUT2D eigenvalue weighted by molar-refractivity contribution is -0.120. The van der Waals surface area contributed by atoms with E-state index in [2.05, 4.69) is 36.6 Å². The average molecular weight is 401 g/mol. The van der Waals surface area contributed by atoms with Gasteiger partial charge < -0.3 is 15.7 Å². The van der Waals surface area contributed by atoms with Crippen molar-refractivity contribution in [2.75, 3.05) is 6.54 Å². The van der Waals surface area contributed by atoms with Gasteiger partial charge in [-0.25, -0.2) is 4.39 Å². The highest BCUT2D eigenvalue weighted by molar-refractivity contribution is 5.73. The van der Waals surface area contributed by atoms with Crippen molar-refractivity contribution in [1.82, 2.24) is 10.6 Å². The molecule has 0 saturated carbocycles. The molecule has 0 fully saturated rings. The summed E-state index contributed by atoms with van der Waals surface area (Å²) in [5.41, 5.74) is 4.12. The van der Waals surface area contributed by atoms with Crippen molar-refractivity contribution >= 4 is 5.91 Å². The maximum absolute atomic E-state index is 13.7. The molecule has 0 radical (unpaired) electrons. The fourth-order valence-electron chi connectivity index (χ4n) is 3.56. The highest BCUT2D eigenvalue weighted by atomic mass is 19.1. The topological polar surface area (TPSA) is 61.4 Å². The number of rotatable bonds is 10. The zero-order valence-corrected chi connectivity index (χ0v) is 17.8. The number of halogens is 1. The molecule has 1 amide bonds. The summed E-state index contributed by atoms with van der Waals surface area (Å²) in [6.45, 7) is 8.65. The molecule has 0 bridgehead atoms. The van der Waals surface area contributed by atoms with Gasteiger partial charge in [0, 0.05) is 20.0 Å². The first-order valence-corrected chi connectivity index (χ1v) is 10.3. The van der Waals surface area contributed by atoms with Crippen LogP contribution in [0.1, 0.15) is 45.2 Å². The minimum absolute atomic E-state index is 0.148. The first-order chi connectivity index (χ1) is 13.8. The summed E-state index contributed by atoms with van der Waals surface area (Å²) in [4.78, 5) is 11.3. The van der Waals surface area contributed by atoms with Gasteiger partial charge in [0.15, 0.2) is 0 Å². The number of hydrogen-bond donors (Lipinski definition) is 3. The third kappa shape index (κ3) is 7.26. The molecule has 0 spiro atoms. The third-order valence-electron chi connectivity index (χ3n) is 4.91. The summed E-state index contributed by atoms with van der Waals surface area (Å²) < 4.78 is 13.7. The zero-order chi connectivity index (χ0) is 21.4. The summed E-state index contributed by atoms with van der Waals surface area (Å²) in [7, 11) is 0. The van der Waals surface area contributed by atoms with Crippen LogP contribution in [-0.4, -0.2) is 29.7 Å². The van der Waals surface area contributed by atoms with Gasteiger partial charge in [0.05, 0.1) is 12.1 Å². The van der Waals surface area contributed by atoms with Crippen LogP contribution in [0.4, 0.5) is 4.39 Å². The number of carbonyl (C=O) groups is 1. The Hall–Kier alpha value is -2.24. The van der Waals surface area contributed by atoms with E-state index in [0.29, 0.717) is 25.4 Å². The number of amides is 1. The second-order valence-corrected chi connectivity index (χ2v) is 8.01. The van der Waals surface area contributed by atoms with Crippen molar-refractivity contribution in [3.8, 4) is 11.1 Å². The van der Waals surface area contributed by atoms with Crippen LogP contribution in [0.25, 0.3) is 11.1 Å². The van der Waals surface area contributed by atoms with Crippen molar-refractivity contribution in [2.24, 2.45) is 5.92 Å². The smallest absolute Gasteiger partial charge is 0.217 e. The third-order valence-corrected chi connectivity index (χ3v) is 4.91. The molecule has 158 valence electrons. The Kier molecular flexibility index (Phi) is 8.80. The molecule has 5 heteroatoms. The lowest BCUT2D eigenvalue weighted by Gasteiger charge is -2.23. The minimum Gasteiger partial charge on any atom is -0.390 e. The molecule has 0 unspecified atom stereocenters. The Bertz CT molecular complexity index is 807. The van der Waals surface area contributed by atoms with Crippen LogP contribution in [0.15, 0.2) is 42.5 Å². The van der Waals surface area contributed by atoms with Gasteiger partial charge in [0.25, 0.3) is 0 Å². The van der Waals surface area contributed by atoms with E-state index in [-0.39, 0.29) is 17.8 Å². The van der Waals surface area contributed by atoms with Gasteiger partial charge in [-0.05, 0) is 53.1 Å². The zero-order valence-electron chi connectivity index (χ0n) is 17.8. The quantitative estimate of drug-likeness (QED) is 0.564. The summed E-state index contributed by atoms with van der Waals surface area (Å²) in [5.74, 6) is 0.135. The second-order valence-electron chi connectivity index (χ2n) is 8.01. The number of nitrogens with one attached hydrogen (secondary N) is 2. The van der Waals surface area contributed by atoms with Crippen LogP contribution in [0.5, 0.6) is 0 Å². The SMILES string of the molecule is CC[C@H](NC(C)=O)[C@H](O)CNCc1cc(CC(C)C)ccc1-c1cccc(F)c1. The molecule has 0 aromatic heterocycles. The Morgan fingerprint density at radius 1 is 1.17 bits per heavy atom. The van der Waals surface area contributed by atoms with Crippen LogP contribution in [0, 0.1) is 11.7 Å². The van der Waals surface area contributed by atoms with Crippen LogP contribution >= 0.6 is 0 Å². The normalized spacial score (nSPS) is 13.3. The lowest BCUT2D eigenvalue weighted by atomic mass is 9.94. The number of aliphatic hydroxyl groups excluding tert-OH is 1. The first kappa shape index (κ1) is 23.0. The van der Waals surface area contributed by atoms with Gasteiger partial charge in [-0.3, -0.25) is 4.79 Å². The van der Waals surface area contributed by atoms with Crippen molar-refractivity contribution in [2.45, 2.75) is 59.2 Å². The summed E-state index contributed by atoms with van der Waals surface area (Å²) in [6, 6.07) is 12.6. The molecule has 0 aliphatic heterocycles. The van der Waals surface area contributed by atoms with Crippen molar-refractivity contribution in [1.29, 1.82) is 0 Å². The van der Waals surface area contributed by atoms with Crippen molar-refractivity contribution in [3.63, 3.8) is 0 Å². The van der Waals surface area contributed by atoms with Gasteiger partial charge >= 0.3 is 0 Å². The Morgan fingerprint density at radius 3 is 2.55 bits per heavy atom. The van der Waals surface area contributed by atoms with E-state index < -0.39 is 6.10 Å². The number of benzene rings is 2. The van der Waals surface area contributed by atoms with E-state index in [9.17, 15) is 14.3 Å². The molecule has 3 N–H and O–H groups in total. The molecule has 2 rings (SSSR count). The monoisotopic (exact) mass is 400 g/mol. The molecule has 2 atom stereocenters. The molecule has 2 aromatic rings. The van der Waals surface area contributed by atoms with Crippen molar-refractivity contribution < 1.29 is 14.3 Å². The molecular weight excluding hydrogens is 367 g/mol. The highest BCUT2D eigenvalue weighted by Crippen LogP contribution is 2.26. The largest absolute Gasteiger partial charge is 0.390 e. The second kappa shape index (κ2) is 11.1. The van der Waals surface area contributed by atoms with E-state index >= 15 is 0 Å². The van der Waals surface area contributed by atoms with Crippen LogP contribution < -0.4 is 10.6 Å². The molecular formula is C24H33FN2O2. The number of aliphatic hydroxyl groups is 1. The maximum Gasteiger partial charge on any atom is 0.217 e. The lowest BCUT2D eigenvalue weighted by Crippen LogP contribution is -2.46. The fourth-order valence-corrected chi connectivity index (χ4v) is 3.56. The van der Waals surface area contributed by atoms with E-state index in [1.54, 1.807) is 12.1 Å². The molecule has 0 aliphatic rings. The van der Waals surface area contributed by atoms with Crippen LogP contribution in [-0.2, 0) is 17.8 Å². The van der Waals surface area contributed by atoms with E-state index in [0.717, 1.165) is 23.1 Å². The van der Waals surface area contributed by atoms with E-state index in [4.69, 9.17) is 0 Å². The van der Waals surface area contributed by atoms with Crippen LogP contribution in [0.2, 0.25) is 0 Å². The fraction of sp³-hybridized carbons (Fsp3) is 0.458.